The second-order valence-electron chi connectivity index (χ2n) is 6.32. The molecule has 2 unspecified atom stereocenters. The highest BCUT2D eigenvalue weighted by molar-refractivity contribution is 5.19. The zero-order valence-electron chi connectivity index (χ0n) is 12.1. The summed E-state index contributed by atoms with van der Waals surface area (Å²) in [5.41, 5.74) is 1.62. The number of hydrogen-bond acceptors (Lipinski definition) is 2. The maximum atomic E-state index is 9.33. The summed E-state index contributed by atoms with van der Waals surface area (Å²) in [6.45, 7) is 9.48. The highest BCUT2D eigenvalue weighted by Crippen LogP contribution is 2.29. The van der Waals surface area contributed by atoms with E-state index in [4.69, 9.17) is 0 Å². The van der Waals surface area contributed by atoms with Crippen LogP contribution < -0.4 is 5.32 Å². The van der Waals surface area contributed by atoms with Gasteiger partial charge in [-0.3, -0.25) is 0 Å². The first-order valence-corrected chi connectivity index (χ1v) is 6.85. The molecule has 0 saturated heterocycles. The summed E-state index contributed by atoms with van der Waals surface area (Å²) in [4.78, 5) is 0. The smallest absolute Gasteiger partial charge is 0.0524 e. The second kappa shape index (κ2) is 6.91. The summed E-state index contributed by atoms with van der Waals surface area (Å²) in [7, 11) is 0. The van der Waals surface area contributed by atoms with Crippen molar-refractivity contribution in [1.29, 1.82) is 0 Å². The van der Waals surface area contributed by atoms with E-state index in [9.17, 15) is 5.11 Å². The van der Waals surface area contributed by atoms with Crippen LogP contribution in [0.4, 0.5) is 0 Å². The molecule has 0 aromatic heterocycles. The van der Waals surface area contributed by atoms with E-state index in [1.807, 2.05) is 13.0 Å². The summed E-state index contributed by atoms with van der Waals surface area (Å²) in [6.07, 6.45) is 1.66. The Morgan fingerprint density at radius 3 is 2.28 bits per heavy atom. The lowest BCUT2D eigenvalue weighted by molar-refractivity contribution is 0.180. The highest BCUT2D eigenvalue weighted by Gasteiger charge is 2.19. The molecule has 2 heteroatoms. The molecule has 0 aliphatic heterocycles. The van der Waals surface area contributed by atoms with Crippen molar-refractivity contribution in [2.24, 2.45) is 5.41 Å². The number of rotatable bonds is 6. The quantitative estimate of drug-likeness (QED) is 0.808. The minimum absolute atomic E-state index is 0.233. The van der Waals surface area contributed by atoms with Gasteiger partial charge in [0.2, 0.25) is 0 Å². The summed E-state index contributed by atoms with van der Waals surface area (Å²) in [5.74, 6) is 0. The number of aliphatic hydroxyl groups excluding tert-OH is 1. The van der Waals surface area contributed by atoms with Crippen LogP contribution in [0.2, 0.25) is 0 Å². The van der Waals surface area contributed by atoms with Crippen LogP contribution in [0.25, 0.3) is 0 Å². The molecule has 0 amide bonds. The molecule has 0 saturated carbocycles. The lowest BCUT2D eigenvalue weighted by Crippen LogP contribution is -2.28. The van der Waals surface area contributed by atoms with E-state index in [0.717, 1.165) is 19.4 Å². The van der Waals surface area contributed by atoms with Crippen LogP contribution in [0.5, 0.6) is 0 Å². The van der Waals surface area contributed by atoms with Gasteiger partial charge in [0.25, 0.3) is 0 Å². The SMILES string of the molecule is CC(O)CCNC(CC(C)(C)C)c1ccccc1. The number of nitrogens with one attached hydrogen (secondary N) is 1. The molecule has 1 aromatic carbocycles. The molecule has 0 fully saturated rings. The minimum Gasteiger partial charge on any atom is -0.393 e. The van der Waals surface area contributed by atoms with E-state index in [-0.39, 0.29) is 6.10 Å². The Bertz CT molecular complexity index is 327. The van der Waals surface area contributed by atoms with Crippen molar-refractivity contribution in [3.63, 3.8) is 0 Å². The third-order valence-electron chi connectivity index (χ3n) is 2.97. The molecule has 0 heterocycles. The van der Waals surface area contributed by atoms with Crippen molar-refractivity contribution in [2.75, 3.05) is 6.54 Å². The van der Waals surface area contributed by atoms with Gasteiger partial charge in [-0.15, -0.1) is 0 Å². The summed E-state index contributed by atoms with van der Waals surface area (Å²) in [6, 6.07) is 10.9. The molecule has 0 spiro atoms. The maximum absolute atomic E-state index is 9.33. The highest BCUT2D eigenvalue weighted by atomic mass is 16.3. The van der Waals surface area contributed by atoms with Gasteiger partial charge in [0.15, 0.2) is 0 Å². The number of aliphatic hydroxyl groups is 1. The van der Waals surface area contributed by atoms with Gasteiger partial charge in [-0.1, -0.05) is 51.1 Å². The van der Waals surface area contributed by atoms with E-state index in [1.165, 1.54) is 5.56 Å². The molecule has 2 nitrogen and oxygen atoms in total. The van der Waals surface area contributed by atoms with E-state index >= 15 is 0 Å². The van der Waals surface area contributed by atoms with E-state index in [0.29, 0.717) is 11.5 Å². The predicted octanol–water partition coefficient (Wildman–Crippen LogP) is 3.52. The van der Waals surface area contributed by atoms with Crippen molar-refractivity contribution >= 4 is 0 Å². The molecule has 0 radical (unpaired) electrons. The normalized spacial score (nSPS) is 15.4. The van der Waals surface area contributed by atoms with Crippen LogP contribution >= 0.6 is 0 Å². The largest absolute Gasteiger partial charge is 0.393 e. The zero-order valence-corrected chi connectivity index (χ0v) is 12.1. The van der Waals surface area contributed by atoms with Crippen LogP contribution in [0.15, 0.2) is 30.3 Å². The van der Waals surface area contributed by atoms with Gasteiger partial charge in [-0.25, -0.2) is 0 Å². The van der Waals surface area contributed by atoms with Crippen molar-refractivity contribution in [3.8, 4) is 0 Å². The standard InChI is InChI=1S/C16H27NO/c1-13(18)10-11-17-15(12-16(2,3)4)14-8-6-5-7-9-14/h5-9,13,15,17-18H,10-12H2,1-4H3. The Labute approximate surface area is 111 Å². The average Bonchev–Trinajstić information content (AvgIpc) is 2.27. The van der Waals surface area contributed by atoms with Crippen LogP contribution in [0.1, 0.15) is 52.1 Å². The predicted molar refractivity (Wildman–Crippen MR) is 77.6 cm³/mol. The monoisotopic (exact) mass is 249 g/mol. The van der Waals surface area contributed by atoms with Gasteiger partial charge in [-0.2, -0.15) is 0 Å². The molecule has 2 N–H and O–H groups in total. The third-order valence-corrected chi connectivity index (χ3v) is 2.97. The molecule has 1 rings (SSSR count). The molecule has 102 valence electrons. The first kappa shape index (κ1) is 15.2. The van der Waals surface area contributed by atoms with Crippen LogP contribution in [-0.4, -0.2) is 17.8 Å². The van der Waals surface area contributed by atoms with Crippen molar-refractivity contribution in [3.05, 3.63) is 35.9 Å². The third kappa shape index (κ3) is 6.18. The van der Waals surface area contributed by atoms with Crippen molar-refractivity contribution in [2.45, 2.75) is 52.7 Å². The van der Waals surface area contributed by atoms with Crippen LogP contribution in [0.3, 0.4) is 0 Å². The molecular formula is C16H27NO. The lowest BCUT2D eigenvalue weighted by atomic mass is 9.85. The van der Waals surface area contributed by atoms with E-state index < -0.39 is 0 Å². The zero-order chi connectivity index (χ0) is 13.6. The fourth-order valence-electron chi connectivity index (χ4n) is 2.07. The van der Waals surface area contributed by atoms with E-state index in [1.54, 1.807) is 0 Å². The molecule has 2 atom stereocenters. The summed E-state index contributed by atoms with van der Waals surface area (Å²) in [5, 5.41) is 12.9. The minimum atomic E-state index is -0.233. The summed E-state index contributed by atoms with van der Waals surface area (Å²) < 4.78 is 0. The molecule has 0 aliphatic carbocycles. The molecule has 0 aliphatic rings. The second-order valence-corrected chi connectivity index (χ2v) is 6.32. The topological polar surface area (TPSA) is 32.3 Å². The van der Waals surface area contributed by atoms with Gasteiger partial charge in [0, 0.05) is 6.04 Å². The van der Waals surface area contributed by atoms with Gasteiger partial charge in [0.1, 0.15) is 0 Å². The Morgan fingerprint density at radius 2 is 1.78 bits per heavy atom. The number of hydrogen-bond donors (Lipinski definition) is 2. The van der Waals surface area contributed by atoms with Gasteiger partial charge < -0.3 is 10.4 Å². The molecule has 18 heavy (non-hydrogen) atoms. The van der Waals surface area contributed by atoms with Crippen molar-refractivity contribution in [1.82, 2.24) is 5.32 Å². The average molecular weight is 249 g/mol. The fraction of sp³-hybridized carbons (Fsp3) is 0.625. The Morgan fingerprint density at radius 1 is 1.17 bits per heavy atom. The molecule has 1 aromatic rings. The van der Waals surface area contributed by atoms with Gasteiger partial charge in [-0.05, 0) is 37.3 Å². The summed E-state index contributed by atoms with van der Waals surface area (Å²) >= 11 is 0. The van der Waals surface area contributed by atoms with Gasteiger partial charge in [0.05, 0.1) is 6.10 Å². The first-order valence-electron chi connectivity index (χ1n) is 6.85. The first-order chi connectivity index (χ1) is 8.38. The van der Waals surface area contributed by atoms with Crippen LogP contribution in [-0.2, 0) is 0 Å². The van der Waals surface area contributed by atoms with E-state index in [2.05, 4.69) is 50.4 Å². The van der Waals surface area contributed by atoms with Crippen molar-refractivity contribution < 1.29 is 5.11 Å². The molecular weight excluding hydrogens is 222 g/mol. The maximum Gasteiger partial charge on any atom is 0.0524 e. The Hall–Kier alpha value is -0.860. The fourth-order valence-corrected chi connectivity index (χ4v) is 2.07. The number of benzene rings is 1. The lowest BCUT2D eigenvalue weighted by Gasteiger charge is -2.27. The Kier molecular flexibility index (Phi) is 5.83. The van der Waals surface area contributed by atoms with Crippen LogP contribution in [0, 0.1) is 5.41 Å². The van der Waals surface area contributed by atoms with Gasteiger partial charge >= 0.3 is 0 Å². The molecule has 0 bridgehead atoms. The Balaban J connectivity index is 2.64.